The van der Waals surface area contributed by atoms with Crippen LogP contribution in [0, 0.1) is 20.8 Å². The van der Waals surface area contributed by atoms with Gasteiger partial charge in [-0.1, -0.05) is 11.8 Å². The fourth-order valence-electron chi connectivity index (χ4n) is 3.27. The van der Waals surface area contributed by atoms with E-state index in [9.17, 15) is 4.79 Å². The standard InChI is InChI=1S/C19H24N4O3S2/c1-11-6-16(13(3)23(11)12(2)8-25-5)17(24)10-28-19-22-21-18(26-19)7-15-9-27-14(4)20-15/h6,9,12H,7-8,10H2,1-5H3. The number of methoxy groups -OCH3 is 1. The third-order valence-electron chi connectivity index (χ3n) is 4.41. The van der Waals surface area contributed by atoms with Gasteiger partial charge in [0.05, 0.1) is 35.5 Å². The van der Waals surface area contributed by atoms with Gasteiger partial charge in [-0.25, -0.2) is 4.98 Å². The predicted molar refractivity (Wildman–Crippen MR) is 110 cm³/mol. The average molecular weight is 421 g/mol. The van der Waals surface area contributed by atoms with Crippen LogP contribution in [0.15, 0.2) is 21.1 Å². The molecular weight excluding hydrogens is 396 g/mol. The Bertz CT molecular complexity index is 960. The van der Waals surface area contributed by atoms with Crippen molar-refractivity contribution in [3.63, 3.8) is 0 Å². The van der Waals surface area contributed by atoms with Gasteiger partial charge in [-0.15, -0.1) is 21.5 Å². The van der Waals surface area contributed by atoms with E-state index in [1.54, 1.807) is 18.4 Å². The van der Waals surface area contributed by atoms with Crippen LogP contribution in [-0.4, -0.2) is 45.0 Å². The number of thiazole rings is 1. The number of rotatable bonds is 9. The van der Waals surface area contributed by atoms with Crippen LogP contribution >= 0.6 is 23.1 Å². The second kappa shape index (κ2) is 9.02. The minimum Gasteiger partial charge on any atom is -0.416 e. The lowest BCUT2D eigenvalue weighted by Gasteiger charge is -2.17. The van der Waals surface area contributed by atoms with Crippen molar-refractivity contribution in [2.75, 3.05) is 19.5 Å². The number of Topliss-reactive ketones (excluding diaryl/α,β-unsaturated/α-hetero) is 1. The Hall–Kier alpha value is -1.97. The number of hydrogen-bond donors (Lipinski definition) is 0. The van der Waals surface area contributed by atoms with Crippen LogP contribution in [-0.2, 0) is 11.2 Å². The van der Waals surface area contributed by atoms with E-state index >= 15 is 0 Å². The highest BCUT2D eigenvalue weighted by atomic mass is 32.2. The monoisotopic (exact) mass is 420 g/mol. The summed E-state index contributed by atoms with van der Waals surface area (Å²) in [4.78, 5) is 17.1. The Morgan fingerprint density at radius 3 is 2.82 bits per heavy atom. The smallest absolute Gasteiger partial charge is 0.277 e. The first-order valence-corrected chi connectivity index (χ1v) is 10.8. The number of nitrogens with zero attached hydrogens (tertiary/aromatic N) is 4. The molecule has 0 aliphatic carbocycles. The van der Waals surface area contributed by atoms with Crippen molar-refractivity contribution in [3.8, 4) is 0 Å². The van der Waals surface area contributed by atoms with E-state index in [0.717, 1.165) is 27.7 Å². The van der Waals surface area contributed by atoms with E-state index in [1.807, 2.05) is 32.2 Å². The molecule has 0 bridgehead atoms. The fraction of sp³-hybridized carbons (Fsp3) is 0.474. The number of thioether (sulfide) groups is 1. The van der Waals surface area contributed by atoms with E-state index in [1.165, 1.54) is 11.8 Å². The van der Waals surface area contributed by atoms with Gasteiger partial charge in [-0.05, 0) is 33.8 Å². The van der Waals surface area contributed by atoms with E-state index in [2.05, 4.69) is 26.7 Å². The molecule has 3 aromatic rings. The van der Waals surface area contributed by atoms with Crippen molar-refractivity contribution >= 4 is 28.9 Å². The zero-order valence-electron chi connectivity index (χ0n) is 16.7. The summed E-state index contributed by atoms with van der Waals surface area (Å²) in [5.74, 6) is 0.802. The quantitative estimate of drug-likeness (QED) is 0.382. The number of aryl methyl sites for hydroxylation is 2. The Kier molecular flexibility index (Phi) is 6.69. The van der Waals surface area contributed by atoms with Gasteiger partial charge in [0.2, 0.25) is 5.89 Å². The molecular formula is C19H24N4O3S2. The Morgan fingerprint density at radius 1 is 1.36 bits per heavy atom. The minimum absolute atomic E-state index is 0.0452. The predicted octanol–water partition coefficient (Wildman–Crippen LogP) is 4.03. The van der Waals surface area contributed by atoms with Crippen molar-refractivity contribution in [2.45, 2.75) is 45.4 Å². The van der Waals surface area contributed by atoms with Crippen LogP contribution in [0.2, 0.25) is 0 Å². The maximum absolute atomic E-state index is 12.7. The molecule has 150 valence electrons. The van der Waals surface area contributed by atoms with Crippen molar-refractivity contribution in [1.82, 2.24) is 19.7 Å². The summed E-state index contributed by atoms with van der Waals surface area (Å²) in [5.41, 5.74) is 3.65. The molecule has 28 heavy (non-hydrogen) atoms. The summed E-state index contributed by atoms with van der Waals surface area (Å²) in [7, 11) is 1.68. The summed E-state index contributed by atoms with van der Waals surface area (Å²) in [6.07, 6.45) is 0.504. The number of hydrogen-bond acceptors (Lipinski definition) is 8. The summed E-state index contributed by atoms with van der Waals surface area (Å²) in [6, 6.07) is 2.11. The average Bonchev–Trinajstić information content (AvgIpc) is 3.33. The summed E-state index contributed by atoms with van der Waals surface area (Å²) < 4.78 is 13.0. The van der Waals surface area contributed by atoms with Gasteiger partial charge in [-0.2, -0.15) is 0 Å². The highest BCUT2D eigenvalue weighted by Gasteiger charge is 2.20. The van der Waals surface area contributed by atoms with Gasteiger partial charge < -0.3 is 13.7 Å². The van der Waals surface area contributed by atoms with Gasteiger partial charge in [0, 0.05) is 29.4 Å². The largest absolute Gasteiger partial charge is 0.416 e. The second-order valence-corrected chi connectivity index (χ2v) is 8.66. The zero-order chi connectivity index (χ0) is 20.3. The third-order valence-corrected chi connectivity index (χ3v) is 6.05. The zero-order valence-corrected chi connectivity index (χ0v) is 18.3. The lowest BCUT2D eigenvalue weighted by Crippen LogP contribution is -2.14. The van der Waals surface area contributed by atoms with E-state index in [4.69, 9.17) is 9.15 Å². The molecule has 1 atom stereocenters. The molecule has 7 nitrogen and oxygen atoms in total. The summed E-state index contributed by atoms with van der Waals surface area (Å²) >= 11 is 2.85. The molecule has 3 aromatic heterocycles. The fourth-order valence-corrected chi connectivity index (χ4v) is 4.55. The van der Waals surface area contributed by atoms with E-state index in [-0.39, 0.29) is 17.6 Å². The van der Waals surface area contributed by atoms with Crippen LogP contribution < -0.4 is 0 Å². The SMILES string of the molecule is COCC(C)n1c(C)cc(C(=O)CSc2nnc(Cc3csc(C)n3)o2)c1C. The number of carbonyl (C=O) groups is 1. The Balaban J connectivity index is 1.62. The third kappa shape index (κ3) is 4.71. The topological polar surface area (TPSA) is 83.0 Å². The molecule has 0 aliphatic heterocycles. The van der Waals surface area contributed by atoms with Gasteiger partial charge in [0.25, 0.3) is 5.22 Å². The van der Waals surface area contributed by atoms with Crippen molar-refractivity contribution in [1.29, 1.82) is 0 Å². The first-order chi connectivity index (χ1) is 13.4. The second-order valence-electron chi connectivity index (χ2n) is 6.67. The van der Waals surface area contributed by atoms with Crippen LogP contribution in [0.1, 0.15) is 51.3 Å². The first kappa shape index (κ1) is 20.8. The van der Waals surface area contributed by atoms with Crippen LogP contribution in [0.5, 0.6) is 0 Å². The van der Waals surface area contributed by atoms with Crippen LogP contribution in [0.25, 0.3) is 0 Å². The number of ketones is 1. The molecule has 0 aliphatic rings. The highest BCUT2D eigenvalue weighted by molar-refractivity contribution is 7.99. The van der Waals surface area contributed by atoms with Crippen molar-refractivity contribution in [3.05, 3.63) is 45.0 Å². The maximum Gasteiger partial charge on any atom is 0.277 e. The van der Waals surface area contributed by atoms with Crippen LogP contribution in [0.4, 0.5) is 0 Å². The molecule has 0 fully saturated rings. The van der Waals surface area contributed by atoms with Gasteiger partial charge in [0.1, 0.15) is 0 Å². The number of ether oxygens (including phenoxy) is 1. The van der Waals surface area contributed by atoms with Gasteiger partial charge in [-0.3, -0.25) is 4.79 Å². The van der Waals surface area contributed by atoms with Gasteiger partial charge in [0.15, 0.2) is 5.78 Å². The molecule has 0 N–H and O–H groups in total. The molecule has 9 heteroatoms. The Labute approximate surface area is 172 Å². The molecule has 3 heterocycles. The lowest BCUT2D eigenvalue weighted by molar-refractivity contribution is 0.102. The molecule has 0 saturated heterocycles. The molecule has 0 radical (unpaired) electrons. The lowest BCUT2D eigenvalue weighted by atomic mass is 10.2. The minimum atomic E-state index is 0.0452. The number of carbonyl (C=O) groups excluding carboxylic acids is 1. The van der Waals surface area contributed by atoms with Crippen molar-refractivity contribution < 1.29 is 13.9 Å². The van der Waals surface area contributed by atoms with Gasteiger partial charge >= 0.3 is 0 Å². The van der Waals surface area contributed by atoms with Crippen molar-refractivity contribution in [2.24, 2.45) is 0 Å². The molecule has 1 unspecified atom stereocenters. The van der Waals surface area contributed by atoms with E-state index in [0.29, 0.717) is 24.1 Å². The number of aromatic nitrogens is 4. The van der Waals surface area contributed by atoms with Crippen LogP contribution in [0.3, 0.4) is 0 Å². The highest BCUT2D eigenvalue weighted by Crippen LogP contribution is 2.24. The molecule has 3 rings (SSSR count). The molecule has 0 saturated carbocycles. The Morgan fingerprint density at radius 2 is 2.14 bits per heavy atom. The van der Waals surface area contributed by atoms with E-state index < -0.39 is 0 Å². The first-order valence-electron chi connectivity index (χ1n) is 8.95. The molecule has 0 amide bonds. The summed E-state index contributed by atoms with van der Waals surface area (Å²) in [6.45, 7) is 8.62. The maximum atomic E-state index is 12.7. The summed E-state index contributed by atoms with van der Waals surface area (Å²) in [5, 5.41) is 11.5. The normalized spacial score (nSPS) is 12.5. The molecule has 0 spiro atoms. The molecule has 0 aromatic carbocycles.